The van der Waals surface area contributed by atoms with Crippen molar-refractivity contribution < 1.29 is 19.4 Å². The Kier molecular flexibility index (Phi) is 5.98. The van der Waals surface area contributed by atoms with E-state index in [0.29, 0.717) is 17.0 Å². The van der Waals surface area contributed by atoms with E-state index in [1.54, 1.807) is 19.1 Å². The van der Waals surface area contributed by atoms with E-state index in [0.717, 1.165) is 10.5 Å². The summed E-state index contributed by atoms with van der Waals surface area (Å²) in [6.07, 6.45) is -0.217. The predicted octanol–water partition coefficient (Wildman–Crippen LogP) is 4.43. The Morgan fingerprint density at radius 3 is 2.61 bits per heavy atom. The molecule has 2 aromatic rings. The first-order valence-corrected chi connectivity index (χ1v) is 9.69. The Bertz CT molecular complexity index is 885. The molecule has 1 aliphatic heterocycles. The maximum absolute atomic E-state index is 13.2. The van der Waals surface area contributed by atoms with Crippen molar-refractivity contribution in [2.45, 2.75) is 31.9 Å². The number of ether oxygens (including phenoxy) is 1. The topological polar surface area (TPSA) is 66.8 Å². The lowest BCUT2D eigenvalue weighted by Crippen LogP contribution is -2.48. The van der Waals surface area contributed by atoms with Gasteiger partial charge in [-0.3, -0.25) is 4.79 Å². The van der Waals surface area contributed by atoms with Crippen LogP contribution in [-0.4, -0.2) is 34.7 Å². The van der Waals surface area contributed by atoms with Gasteiger partial charge >= 0.3 is 6.09 Å². The molecule has 0 aliphatic carbocycles. The highest BCUT2D eigenvalue weighted by Gasteiger charge is 2.45. The van der Waals surface area contributed by atoms with Gasteiger partial charge in [0.2, 0.25) is 5.91 Å². The van der Waals surface area contributed by atoms with Crippen LogP contribution in [0.25, 0.3) is 0 Å². The first kappa shape index (κ1) is 20.6. The zero-order valence-electron chi connectivity index (χ0n) is 15.6. The van der Waals surface area contributed by atoms with Crippen LogP contribution in [0.2, 0.25) is 10.0 Å². The standard InChI is InChI=1S/C21H21Cl2NO4/c1-13(21(2,27)17-9-8-15(22)11-18(17)23)19(25)24-16(12-28-20(24)26)10-14-6-4-3-5-7-14/h3-9,11,13,16,27H,10,12H2,1-2H3/t13-,16-,21-/m0/s1. The minimum atomic E-state index is -1.60. The van der Waals surface area contributed by atoms with Gasteiger partial charge in [-0.2, -0.15) is 0 Å². The maximum Gasteiger partial charge on any atom is 0.416 e. The zero-order valence-corrected chi connectivity index (χ0v) is 17.1. The smallest absolute Gasteiger partial charge is 0.416 e. The lowest BCUT2D eigenvalue weighted by Gasteiger charge is -2.33. The van der Waals surface area contributed by atoms with Gasteiger partial charge in [0.15, 0.2) is 0 Å². The average Bonchev–Trinajstić information content (AvgIpc) is 3.01. The van der Waals surface area contributed by atoms with E-state index in [2.05, 4.69) is 0 Å². The number of rotatable bonds is 5. The van der Waals surface area contributed by atoms with E-state index in [1.807, 2.05) is 30.3 Å². The Morgan fingerprint density at radius 2 is 1.96 bits per heavy atom. The number of hydrogen-bond acceptors (Lipinski definition) is 4. The SMILES string of the molecule is C[C@@H](C(=O)N1C(=O)OC[C@@H]1Cc1ccccc1)[C@](C)(O)c1ccc(Cl)cc1Cl. The molecular weight excluding hydrogens is 401 g/mol. The Labute approximate surface area is 173 Å². The molecule has 7 heteroatoms. The first-order valence-electron chi connectivity index (χ1n) is 8.93. The lowest BCUT2D eigenvalue weighted by atomic mass is 9.83. The molecule has 0 spiro atoms. The second-order valence-electron chi connectivity index (χ2n) is 7.12. The highest BCUT2D eigenvalue weighted by atomic mass is 35.5. The number of nitrogens with zero attached hydrogens (tertiary/aromatic N) is 1. The van der Waals surface area contributed by atoms with Crippen LogP contribution in [0.3, 0.4) is 0 Å². The van der Waals surface area contributed by atoms with E-state index in [9.17, 15) is 14.7 Å². The average molecular weight is 422 g/mol. The van der Waals surface area contributed by atoms with Crippen LogP contribution in [-0.2, 0) is 21.6 Å². The van der Waals surface area contributed by atoms with Crippen LogP contribution in [0, 0.1) is 5.92 Å². The Hall–Kier alpha value is -2.08. The molecule has 1 fully saturated rings. The molecule has 0 saturated carbocycles. The van der Waals surface area contributed by atoms with E-state index in [4.69, 9.17) is 27.9 Å². The third kappa shape index (κ3) is 4.02. The van der Waals surface area contributed by atoms with Gasteiger partial charge in [-0.25, -0.2) is 9.69 Å². The largest absolute Gasteiger partial charge is 0.447 e. The van der Waals surface area contributed by atoms with Gasteiger partial charge in [0, 0.05) is 15.6 Å². The second-order valence-corrected chi connectivity index (χ2v) is 7.97. The number of imide groups is 1. The van der Waals surface area contributed by atoms with Crippen molar-refractivity contribution in [2.75, 3.05) is 6.61 Å². The van der Waals surface area contributed by atoms with Gasteiger partial charge in [-0.15, -0.1) is 0 Å². The fourth-order valence-corrected chi connectivity index (χ4v) is 3.95. The van der Waals surface area contributed by atoms with Gasteiger partial charge < -0.3 is 9.84 Å². The fraction of sp³-hybridized carbons (Fsp3) is 0.333. The number of aliphatic hydroxyl groups is 1. The van der Waals surface area contributed by atoms with Crippen molar-refractivity contribution in [3.8, 4) is 0 Å². The summed E-state index contributed by atoms with van der Waals surface area (Å²) in [6.45, 7) is 3.19. The molecule has 1 heterocycles. The summed E-state index contributed by atoms with van der Waals surface area (Å²) in [5.74, 6) is -1.45. The van der Waals surface area contributed by atoms with Crippen LogP contribution in [0.4, 0.5) is 4.79 Å². The van der Waals surface area contributed by atoms with Crippen molar-refractivity contribution in [2.24, 2.45) is 5.92 Å². The van der Waals surface area contributed by atoms with Gasteiger partial charge in [-0.05, 0) is 31.0 Å². The third-order valence-corrected chi connectivity index (χ3v) is 5.75. The molecule has 3 rings (SSSR count). The summed E-state index contributed by atoms with van der Waals surface area (Å²) >= 11 is 12.2. The Morgan fingerprint density at radius 1 is 1.29 bits per heavy atom. The normalized spacial score (nSPS) is 19.8. The summed E-state index contributed by atoms with van der Waals surface area (Å²) < 4.78 is 5.12. The van der Waals surface area contributed by atoms with Crippen molar-refractivity contribution in [3.63, 3.8) is 0 Å². The summed E-state index contributed by atoms with van der Waals surface area (Å²) in [7, 11) is 0. The molecule has 148 valence electrons. The molecule has 1 N–H and O–H groups in total. The zero-order chi connectivity index (χ0) is 20.5. The monoisotopic (exact) mass is 421 g/mol. The number of benzene rings is 2. The summed E-state index contributed by atoms with van der Waals surface area (Å²) in [5.41, 5.74) is -0.241. The number of hydrogen-bond donors (Lipinski definition) is 1. The van der Waals surface area contributed by atoms with Crippen LogP contribution < -0.4 is 0 Å². The van der Waals surface area contributed by atoms with Gasteiger partial charge in [0.05, 0.1) is 17.6 Å². The van der Waals surface area contributed by atoms with E-state index in [-0.39, 0.29) is 11.6 Å². The highest BCUT2D eigenvalue weighted by molar-refractivity contribution is 6.35. The molecular formula is C21H21Cl2NO4. The van der Waals surface area contributed by atoms with Gasteiger partial charge in [0.25, 0.3) is 0 Å². The minimum absolute atomic E-state index is 0.121. The highest BCUT2D eigenvalue weighted by Crippen LogP contribution is 2.37. The molecule has 0 aromatic heterocycles. The second kappa shape index (κ2) is 8.11. The summed E-state index contributed by atoms with van der Waals surface area (Å²) in [4.78, 5) is 26.5. The lowest BCUT2D eigenvalue weighted by molar-refractivity contribution is -0.141. The molecule has 5 nitrogen and oxygen atoms in total. The van der Waals surface area contributed by atoms with E-state index >= 15 is 0 Å². The summed E-state index contributed by atoms with van der Waals surface area (Å²) in [6, 6.07) is 13.8. The number of halogens is 2. The molecule has 1 aliphatic rings. The number of cyclic esters (lactones) is 1. The third-order valence-electron chi connectivity index (χ3n) is 5.20. The quantitative estimate of drug-likeness (QED) is 0.775. The minimum Gasteiger partial charge on any atom is -0.447 e. The molecule has 3 atom stereocenters. The molecule has 2 amide bonds. The van der Waals surface area contributed by atoms with Crippen molar-refractivity contribution in [1.82, 2.24) is 4.90 Å². The number of amides is 2. The number of carbonyl (C=O) groups is 2. The maximum atomic E-state index is 13.2. The number of carbonyl (C=O) groups excluding carboxylic acids is 2. The molecule has 1 saturated heterocycles. The van der Waals surface area contributed by atoms with Crippen molar-refractivity contribution in [1.29, 1.82) is 0 Å². The first-order chi connectivity index (χ1) is 13.2. The molecule has 28 heavy (non-hydrogen) atoms. The molecule has 2 aromatic carbocycles. The fourth-order valence-electron chi connectivity index (χ4n) is 3.35. The molecule has 0 unspecified atom stereocenters. The van der Waals surface area contributed by atoms with Crippen LogP contribution >= 0.6 is 23.2 Å². The van der Waals surface area contributed by atoms with Crippen molar-refractivity contribution in [3.05, 3.63) is 69.7 Å². The van der Waals surface area contributed by atoms with Crippen molar-refractivity contribution >= 4 is 35.2 Å². The Balaban J connectivity index is 1.84. The van der Waals surface area contributed by atoms with Gasteiger partial charge in [0.1, 0.15) is 6.61 Å². The van der Waals surface area contributed by atoms with E-state index < -0.39 is 29.6 Å². The summed E-state index contributed by atoms with van der Waals surface area (Å²) in [5, 5.41) is 11.8. The van der Waals surface area contributed by atoms with Gasteiger partial charge in [-0.1, -0.05) is 66.5 Å². The molecule has 0 bridgehead atoms. The van der Waals surface area contributed by atoms with Crippen LogP contribution in [0.5, 0.6) is 0 Å². The van der Waals surface area contributed by atoms with Crippen LogP contribution in [0.15, 0.2) is 48.5 Å². The predicted molar refractivity (Wildman–Crippen MR) is 107 cm³/mol. The molecule has 0 radical (unpaired) electrons. The van der Waals surface area contributed by atoms with Crippen LogP contribution in [0.1, 0.15) is 25.0 Å². The van der Waals surface area contributed by atoms with E-state index in [1.165, 1.54) is 13.0 Å².